The first-order valence-corrected chi connectivity index (χ1v) is 23.0. The number of ether oxygens (including phenoxy) is 10. The van der Waals surface area contributed by atoms with Crippen molar-refractivity contribution in [1.82, 2.24) is 0 Å². The van der Waals surface area contributed by atoms with Crippen LogP contribution in [0.2, 0.25) is 0 Å². The Kier molecular flexibility index (Phi) is 16.1. The van der Waals surface area contributed by atoms with Crippen molar-refractivity contribution in [2.45, 2.75) is 50.5 Å². The average Bonchev–Trinajstić information content (AvgIpc) is 3.42. The zero-order valence-corrected chi connectivity index (χ0v) is 39.7. The maximum atomic E-state index is 14.3. The number of fused-ring (bicyclic) bond motifs is 1. The van der Waals surface area contributed by atoms with Gasteiger partial charge in [-0.1, -0.05) is 86.1 Å². The Balaban J connectivity index is 1.25. The van der Waals surface area contributed by atoms with Gasteiger partial charge in [0.25, 0.3) is 0 Å². The van der Waals surface area contributed by atoms with E-state index in [0.717, 1.165) is 12.8 Å². The Hall–Kier alpha value is -8.63. The second-order valence-electron chi connectivity index (χ2n) is 16.2. The van der Waals surface area contributed by atoms with Crippen molar-refractivity contribution in [3.05, 3.63) is 184 Å². The normalized spacial score (nSPS) is 17.2. The number of esters is 4. The van der Waals surface area contributed by atoms with E-state index in [-0.39, 0.29) is 56.2 Å². The molecule has 72 heavy (non-hydrogen) atoms. The molecule has 2 unspecified atom stereocenters. The first-order valence-electron chi connectivity index (χ1n) is 23.0. The highest BCUT2D eigenvalue weighted by Crippen LogP contribution is 2.41. The molecule has 5 atom stereocenters. The minimum absolute atomic E-state index is 0.0120. The molecule has 8 rings (SSSR count). The average molecular weight is 979 g/mol. The number of rotatable bonds is 19. The first-order chi connectivity index (χ1) is 35.1. The van der Waals surface area contributed by atoms with Gasteiger partial charge in [0.1, 0.15) is 35.2 Å². The molecule has 1 fully saturated rings. The van der Waals surface area contributed by atoms with Crippen molar-refractivity contribution >= 4 is 34.8 Å². The minimum Gasteiger partial charge on any atom is -0.496 e. The van der Waals surface area contributed by atoms with Gasteiger partial charge in [-0.3, -0.25) is 4.79 Å². The van der Waals surface area contributed by atoms with Crippen LogP contribution in [0.15, 0.2) is 161 Å². The van der Waals surface area contributed by atoms with Gasteiger partial charge in [0.2, 0.25) is 23.6 Å². The van der Waals surface area contributed by atoms with Crippen molar-refractivity contribution in [2.24, 2.45) is 0 Å². The molecule has 1 aliphatic heterocycles. The van der Waals surface area contributed by atoms with Crippen molar-refractivity contribution in [2.75, 3.05) is 34.5 Å². The molecule has 0 radical (unpaired) electrons. The van der Waals surface area contributed by atoms with E-state index in [4.69, 9.17) is 51.8 Å². The van der Waals surface area contributed by atoms with Gasteiger partial charge in [-0.25, -0.2) is 19.2 Å². The summed E-state index contributed by atoms with van der Waals surface area (Å²) in [7, 11) is 4.16. The third-order valence-electron chi connectivity index (χ3n) is 11.5. The number of carbonyl (C=O) groups excluding carboxylic acids is 4. The number of methoxy groups -OCH3 is 3. The second kappa shape index (κ2) is 23.3. The maximum Gasteiger partial charge on any atom is 0.338 e. The molecule has 370 valence electrons. The standard InChI is InChI=1S/C56H50O16/c1-5-6-29-65-40-28-27-38(30-41(40)62-2)47-49(64-4)46(57)45-42(63-3)31-39(32-43(45)68-47)67-56-51(72-55(61)37-25-17-10-18-26-37)50(71-54(60)36-23-15-9-16-24-36)48(70-53(59)35-21-13-8-14-22-35)44(69-56)33-66-52(58)34-19-11-7-12-20-34/h7-28,30-32,44,48,50-51,56H,5-6,29,33H2,1-4H3/t44?,48-,50?,51+,56-/m1/s1. The van der Waals surface area contributed by atoms with E-state index in [1.165, 1.54) is 69.9 Å². The fraction of sp³-hybridized carbons (Fsp3) is 0.232. The van der Waals surface area contributed by atoms with E-state index >= 15 is 0 Å². The van der Waals surface area contributed by atoms with Gasteiger partial charge in [-0.15, -0.1) is 0 Å². The lowest BCUT2D eigenvalue weighted by molar-refractivity contribution is -0.275. The van der Waals surface area contributed by atoms with Crippen molar-refractivity contribution < 1.29 is 71.0 Å². The topological polar surface area (TPSA) is 191 Å². The number of unbranched alkanes of at least 4 members (excludes halogenated alkanes) is 1. The Morgan fingerprint density at radius 2 is 1.08 bits per heavy atom. The predicted molar refractivity (Wildman–Crippen MR) is 261 cm³/mol. The summed E-state index contributed by atoms with van der Waals surface area (Å²) in [6.07, 6.45) is -6.51. The quantitative estimate of drug-likeness (QED) is 0.0423. The van der Waals surface area contributed by atoms with Crippen LogP contribution in [0.5, 0.6) is 28.7 Å². The molecule has 2 heterocycles. The minimum atomic E-state index is -1.74. The Labute approximate surface area is 413 Å². The molecule has 1 saturated heterocycles. The Bertz CT molecular complexity index is 3050. The lowest BCUT2D eigenvalue weighted by Gasteiger charge is -2.44. The molecule has 1 aromatic heterocycles. The van der Waals surface area contributed by atoms with E-state index < -0.39 is 66.6 Å². The van der Waals surface area contributed by atoms with Gasteiger partial charge in [0.15, 0.2) is 29.5 Å². The fourth-order valence-electron chi connectivity index (χ4n) is 7.86. The monoisotopic (exact) mass is 978 g/mol. The maximum absolute atomic E-state index is 14.3. The largest absolute Gasteiger partial charge is 0.496 e. The van der Waals surface area contributed by atoms with Crippen LogP contribution in [-0.4, -0.2) is 89.1 Å². The summed E-state index contributed by atoms with van der Waals surface area (Å²) >= 11 is 0. The SMILES string of the molecule is CCCCOc1ccc(-c2oc3cc(O[C@@H]4OC(COC(=O)c5ccccc5)[C@@H](OC(=O)c5ccccc5)C(OC(=O)c5ccccc5)[C@@H]4OC(=O)c4ccccc4)cc(OC)c3c(=O)c2OC)cc1OC. The van der Waals surface area contributed by atoms with Crippen LogP contribution in [0.1, 0.15) is 61.2 Å². The van der Waals surface area contributed by atoms with Gasteiger partial charge in [0.05, 0.1) is 50.2 Å². The van der Waals surface area contributed by atoms with Crippen molar-refractivity contribution in [3.8, 4) is 40.1 Å². The lowest BCUT2D eigenvalue weighted by Crippen LogP contribution is -2.63. The van der Waals surface area contributed by atoms with E-state index in [1.54, 1.807) is 103 Å². The summed E-state index contributed by atoms with van der Waals surface area (Å²) in [6.45, 7) is 1.93. The molecule has 0 aliphatic carbocycles. The highest BCUT2D eigenvalue weighted by atomic mass is 16.7. The van der Waals surface area contributed by atoms with Crippen LogP contribution in [0.25, 0.3) is 22.3 Å². The predicted octanol–water partition coefficient (Wildman–Crippen LogP) is 9.30. The van der Waals surface area contributed by atoms with Crippen LogP contribution in [-0.2, 0) is 23.7 Å². The molecule has 0 saturated carbocycles. The molecule has 16 nitrogen and oxygen atoms in total. The summed E-state index contributed by atoms with van der Waals surface area (Å²) in [5.41, 5.74) is 0.329. The molecule has 0 bridgehead atoms. The third kappa shape index (κ3) is 11.4. The molecule has 0 spiro atoms. The molecule has 16 heteroatoms. The summed E-state index contributed by atoms with van der Waals surface area (Å²) < 4.78 is 67.0. The lowest BCUT2D eigenvalue weighted by atomic mass is 9.97. The molecule has 0 amide bonds. The summed E-state index contributed by atoms with van der Waals surface area (Å²) in [5, 5.41) is -0.0122. The van der Waals surface area contributed by atoms with E-state index in [1.807, 2.05) is 0 Å². The Morgan fingerprint density at radius 1 is 0.556 bits per heavy atom. The van der Waals surface area contributed by atoms with Crippen molar-refractivity contribution in [3.63, 3.8) is 0 Å². The fourth-order valence-corrected chi connectivity index (χ4v) is 7.86. The van der Waals surface area contributed by atoms with Crippen LogP contribution in [0.4, 0.5) is 0 Å². The van der Waals surface area contributed by atoms with E-state index in [9.17, 15) is 24.0 Å². The van der Waals surface area contributed by atoms with E-state index in [2.05, 4.69) is 6.92 Å². The first kappa shape index (κ1) is 49.8. The van der Waals surface area contributed by atoms with Crippen LogP contribution in [0, 0.1) is 0 Å². The summed E-state index contributed by atoms with van der Waals surface area (Å²) in [6, 6.07) is 39.9. The van der Waals surface area contributed by atoms with Crippen LogP contribution >= 0.6 is 0 Å². The molecule has 1 aliphatic rings. The molecular weight excluding hydrogens is 929 g/mol. The van der Waals surface area contributed by atoms with Gasteiger partial charge in [0, 0.05) is 17.7 Å². The zero-order valence-electron chi connectivity index (χ0n) is 39.7. The highest BCUT2D eigenvalue weighted by molar-refractivity contribution is 5.92. The second-order valence-corrected chi connectivity index (χ2v) is 16.2. The van der Waals surface area contributed by atoms with Gasteiger partial charge < -0.3 is 51.8 Å². The number of benzene rings is 6. The van der Waals surface area contributed by atoms with Crippen LogP contribution < -0.4 is 29.1 Å². The smallest absolute Gasteiger partial charge is 0.338 e. The van der Waals surface area contributed by atoms with Crippen molar-refractivity contribution in [1.29, 1.82) is 0 Å². The molecular formula is C56H50O16. The number of carbonyl (C=O) groups is 4. The number of hydrogen-bond acceptors (Lipinski definition) is 16. The zero-order chi connectivity index (χ0) is 50.6. The van der Waals surface area contributed by atoms with Crippen LogP contribution in [0.3, 0.4) is 0 Å². The third-order valence-corrected chi connectivity index (χ3v) is 11.5. The van der Waals surface area contributed by atoms with Gasteiger partial charge >= 0.3 is 23.9 Å². The molecule has 0 N–H and O–H groups in total. The Morgan fingerprint density at radius 3 is 1.61 bits per heavy atom. The molecule has 7 aromatic rings. The summed E-state index contributed by atoms with van der Waals surface area (Å²) in [4.78, 5) is 70.1. The highest BCUT2D eigenvalue weighted by Gasteiger charge is 2.54. The van der Waals surface area contributed by atoms with Gasteiger partial charge in [-0.05, 0) is 73.2 Å². The van der Waals surface area contributed by atoms with E-state index in [0.29, 0.717) is 23.7 Å². The summed E-state index contributed by atoms with van der Waals surface area (Å²) in [5.74, 6) is -2.70. The number of hydrogen-bond donors (Lipinski definition) is 0. The molecule has 6 aromatic carbocycles. The van der Waals surface area contributed by atoms with Gasteiger partial charge in [-0.2, -0.15) is 0 Å².